The van der Waals surface area contributed by atoms with E-state index in [4.69, 9.17) is 17.3 Å². The van der Waals surface area contributed by atoms with Gasteiger partial charge in [0, 0.05) is 0 Å². The van der Waals surface area contributed by atoms with Crippen LogP contribution in [0.15, 0.2) is 12.1 Å². The van der Waals surface area contributed by atoms with E-state index in [1.165, 1.54) is 0 Å². The molecule has 4 nitrogen and oxygen atoms in total. The van der Waals surface area contributed by atoms with Crippen molar-refractivity contribution in [2.24, 2.45) is 5.73 Å². The van der Waals surface area contributed by atoms with Gasteiger partial charge in [-0.1, -0.05) is 11.6 Å². The Morgan fingerprint density at radius 1 is 1.50 bits per heavy atom. The van der Waals surface area contributed by atoms with E-state index in [1.807, 2.05) is 0 Å². The van der Waals surface area contributed by atoms with Crippen molar-refractivity contribution in [1.29, 1.82) is 0 Å². The van der Waals surface area contributed by atoms with Crippen LogP contribution in [0, 0.1) is 5.92 Å². The normalized spacial score (nSPS) is 10.2. The minimum Gasteiger partial charge on any atom is -0.369 e. The van der Waals surface area contributed by atoms with Gasteiger partial charge >= 0.3 is 0 Å². The van der Waals surface area contributed by atoms with Crippen LogP contribution in [0.5, 0.6) is 0 Å². The Hall–Kier alpha value is -1.16. The third-order valence-corrected chi connectivity index (χ3v) is 1.59. The molecular formula is C7H7ClN3O. The lowest BCUT2D eigenvalue weighted by molar-refractivity contribution is -0.115. The zero-order valence-electron chi connectivity index (χ0n) is 6.41. The van der Waals surface area contributed by atoms with Crippen LogP contribution in [0.1, 0.15) is 12.6 Å². The number of nitrogens with zero attached hydrogens (tertiary/aromatic N) is 2. The minimum atomic E-state index is -0.508. The number of primary amides is 1. The lowest BCUT2D eigenvalue weighted by Crippen LogP contribution is -2.20. The smallest absolute Gasteiger partial charge is 0.230 e. The summed E-state index contributed by atoms with van der Waals surface area (Å²) in [6.45, 7) is 1.58. The number of amides is 1. The monoisotopic (exact) mass is 184 g/mol. The Bertz CT molecular complexity index is 285. The highest BCUT2D eigenvalue weighted by atomic mass is 35.5. The predicted molar refractivity (Wildman–Crippen MR) is 44.3 cm³/mol. The van der Waals surface area contributed by atoms with Crippen molar-refractivity contribution >= 4 is 17.5 Å². The van der Waals surface area contributed by atoms with Crippen LogP contribution in [0.2, 0.25) is 5.15 Å². The Labute approximate surface area is 74.7 Å². The minimum absolute atomic E-state index is 0.288. The van der Waals surface area contributed by atoms with Gasteiger partial charge in [-0.2, -0.15) is 5.10 Å². The molecule has 0 aliphatic carbocycles. The molecule has 0 aliphatic heterocycles. The summed E-state index contributed by atoms with van der Waals surface area (Å²) in [7, 11) is 0. The molecule has 5 heteroatoms. The molecule has 0 atom stereocenters. The first kappa shape index (κ1) is 8.93. The molecule has 1 aromatic heterocycles. The average Bonchev–Trinajstić information content (AvgIpc) is 2.04. The summed E-state index contributed by atoms with van der Waals surface area (Å²) in [6, 6.07) is 3.14. The largest absolute Gasteiger partial charge is 0.369 e. The molecule has 1 radical (unpaired) electrons. The fourth-order valence-electron chi connectivity index (χ4n) is 0.642. The molecule has 0 saturated heterocycles. The quantitative estimate of drug-likeness (QED) is 0.730. The van der Waals surface area contributed by atoms with Gasteiger partial charge in [-0.25, -0.2) is 0 Å². The summed E-state index contributed by atoms with van der Waals surface area (Å²) in [5, 5.41) is 7.54. The highest BCUT2D eigenvalue weighted by Gasteiger charge is 2.13. The van der Waals surface area contributed by atoms with Crippen LogP contribution in [0.3, 0.4) is 0 Å². The van der Waals surface area contributed by atoms with Crippen LogP contribution in [-0.4, -0.2) is 16.1 Å². The Morgan fingerprint density at radius 2 is 2.17 bits per heavy atom. The maximum Gasteiger partial charge on any atom is 0.230 e. The van der Waals surface area contributed by atoms with Crippen molar-refractivity contribution in [2.45, 2.75) is 6.92 Å². The van der Waals surface area contributed by atoms with E-state index in [0.29, 0.717) is 11.6 Å². The number of nitrogens with two attached hydrogens (primary N) is 1. The molecule has 0 unspecified atom stereocenters. The summed E-state index contributed by atoms with van der Waals surface area (Å²) < 4.78 is 0. The summed E-state index contributed by atoms with van der Waals surface area (Å²) in [6.07, 6.45) is 0. The van der Waals surface area contributed by atoms with Gasteiger partial charge < -0.3 is 5.73 Å². The van der Waals surface area contributed by atoms with Crippen molar-refractivity contribution < 1.29 is 4.79 Å². The van der Waals surface area contributed by atoms with Gasteiger partial charge in [0.1, 0.15) is 5.92 Å². The molecule has 1 amide bonds. The van der Waals surface area contributed by atoms with Crippen molar-refractivity contribution in [3.63, 3.8) is 0 Å². The Morgan fingerprint density at radius 3 is 2.58 bits per heavy atom. The van der Waals surface area contributed by atoms with E-state index >= 15 is 0 Å². The van der Waals surface area contributed by atoms with Gasteiger partial charge in [-0.15, -0.1) is 5.10 Å². The van der Waals surface area contributed by atoms with Gasteiger partial charge in [0.2, 0.25) is 5.91 Å². The summed E-state index contributed by atoms with van der Waals surface area (Å²) in [5.74, 6) is -0.134. The van der Waals surface area contributed by atoms with Gasteiger partial charge in [0.05, 0.1) is 5.69 Å². The fraction of sp³-hybridized carbons (Fsp3) is 0.143. The maximum atomic E-state index is 10.7. The van der Waals surface area contributed by atoms with E-state index < -0.39 is 5.91 Å². The highest BCUT2D eigenvalue weighted by molar-refractivity contribution is 6.29. The molecule has 0 aliphatic rings. The summed E-state index contributed by atoms with van der Waals surface area (Å²) in [4.78, 5) is 10.7. The molecule has 0 saturated carbocycles. The van der Waals surface area contributed by atoms with Crippen LogP contribution in [0.4, 0.5) is 0 Å². The van der Waals surface area contributed by atoms with Gasteiger partial charge in [0.25, 0.3) is 0 Å². The molecular weight excluding hydrogens is 178 g/mol. The number of aromatic nitrogens is 2. The maximum absolute atomic E-state index is 10.7. The number of carbonyl (C=O) groups is 1. The first-order valence-electron chi connectivity index (χ1n) is 3.24. The number of halogens is 1. The van der Waals surface area contributed by atoms with Crippen LogP contribution in [0.25, 0.3) is 0 Å². The van der Waals surface area contributed by atoms with E-state index in [1.54, 1.807) is 19.1 Å². The first-order valence-corrected chi connectivity index (χ1v) is 3.62. The number of hydrogen-bond acceptors (Lipinski definition) is 3. The highest BCUT2D eigenvalue weighted by Crippen LogP contribution is 2.10. The molecule has 0 aromatic carbocycles. The van der Waals surface area contributed by atoms with Crippen LogP contribution in [-0.2, 0) is 4.79 Å². The third kappa shape index (κ3) is 1.92. The van der Waals surface area contributed by atoms with E-state index in [2.05, 4.69) is 10.2 Å². The molecule has 63 valence electrons. The number of rotatable bonds is 2. The standard InChI is InChI=1S/C7H7ClN3O/c1-4(7(9)12)5-2-3-6(8)11-10-5/h2-3H,1H3,(H2,9,12). The predicted octanol–water partition coefficient (Wildman–Crippen LogP) is 0.558. The van der Waals surface area contributed by atoms with Crippen molar-refractivity contribution in [3.05, 3.63) is 28.9 Å². The summed E-state index contributed by atoms with van der Waals surface area (Å²) >= 11 is 5.50. The van der Waals surface area contributed by atoms with E-state index in [-0.39, 0.29) is 5.15 Å². The molecule has 1 rings (SSSR count). The molecule has 0 bridgehead atoms. The third-order valence-electron chi connectivity index (χ3n) is 1.39. The number of carbonyl (C=O) groups excluding carboxylic acids is 1. The molecule has 12 heavy (non-hydrogen) atoms. The molecule has 2 N–H and O–H groups in total. The van der Waals surface area contributed by atoms with E-state index in [0.717, 1.165) is 0 Å². The lowest BCUT2D eigenvalue weighted by atomic mass is 10.1. The second-order valence-corrected chi connectivity index (χ2v) is 2.62. The van der Waals surface area contributed by atoms with Crippen LogP contribution < -0.4 is 5.73 Å². The average molecular weight is 185 g/mol. The summed E-state index contributed by atoms with van der Waals surface area (Å²) in [5.41, 5.74) is 5.48. The van der Waals surface area contributed by atoms with Crippen molar-refractivity contribution in [3.8, 4) is 0 Å². The zero-order chi connectivity index (χ0) is 9.14. The topological polar surface area (TPSA) is 68.9 Å². The fourth-order valence-corrected chi connectivity index (χ4v) is 0.743. The van der Waals surface area contributed by atoms with Crippen molar-refractivity contribution in [2.75, 3.05) is 0 Å². The first-order chi connectivity index (χ1) is 5.61. The zero-order valence-corrected chi connectivity index (χ0v) is 7.17. The lowest BCUT2D eigenvalue weighted by Gasteiger charge is -2.02. The van der Waals surface area contributed by atoms with Gasteiger partial charge in [-0.05, 0) is 19.1 Å². The second-order valence-electron chi connectivity index (χ2n) is 2.23. The molecule has 0 spiro atoms. The molecule has 0 fully saturated rings. The van der Waals surface area contributed by atoms with Gasteiger partial charge in [0.15, 0.2) is 5.15 Å². The van der Waals surface area contributed by atoms with Crippen molar-refractivity contribution in [1.82, 2.24) is 10.2 Å². The SMILES string of the molecule is C[C](C(N)=O)c1ccc(Cl)nn1. The van der Waals surface area contributed by atoms with Gasteiger partial charge in [-0.3, -0.25) is 4.79 Å². The van der Waals surface area contributed by atoms with Crippen LogP contribution >= 0.6 is 11.6 Å². The Balaban J connectivity index is 2.89. The molecule has 1 heterocycles. The number of hydrogen-bond donors (Lipinski definition) is 1. The Kier molecular flexibility index (Phi) is 2.60. The van der Waals surface area contributed by atoms with E-state index in [9.17, 15) is 4.79 Å². The molecule has 1 aromatic rings. The second kappa shape index (κ2) is 3.49.